The Kier molecular flexibility index (Phi) is 3.05. The van der Waals surface area contributed by atoms with Crippen LogP contribution in [0.4, 0.5) is 5.82 Å². The Morgan fingerprint density at radius 2 is 2.32 bits per heavy atom. The number of nitrogens with one attached hydrogen (secondary N) is 1. The smallest absolute Gasteiger partial charge is 0.167 e. The normalized spacial score (nSPS) is 27.0. The van der Waals surface area contributed by atoms with Gasteiger partial charge < -0.3 is 20.3 Å². The standard InChI is InChI=1S/C11H15N5O3/c1-12-9-8-10(14-4-13-9)16(5-15-8)11-7(18)2-6(3-17)19-11/h4-7,11,17-18H,2-3H2,1H3,(H,12,13,14)/t6-,7?,11+/m0/s1. The summed E-state index contributed by atoms with van der Waals surface area (Å²) in [5, 5.41) is 22.0. The lowest BCUT2D eigenvalue weighted by atomic mass is 10.2. The lowest BCUT2D eigenvalue weighted by Crippen LogP contribution is -2.19. The van der Waals surface area contributed by atoms with Gasteiger partial charge in [-0.1, -0.05) is 0 Å². The lowest BCUT2D eigenvalue weighted by molar-refractivity contribution is -0.0486. The molecule has 3 atom stereocenters. The molecule has 2 aromatic heterocycles. The van der Waals surface area contributed by atoms with E-state index in [-0.39, 0.29) is 12.7 Å². The summed E-state index contributed by atoms with van der Waals surface area (Å²) in [6.45, 7) is -0.114. The highest BCUT2D eigenvalue weighted by molar-refractivity contribution is 5.82. The summed E-state index contributed by atoms with van der Waals surface area (Å²) in [4.78, 5) is 12.5. The Balaban J connectivity index is 2.02. The quantitative estimate of drug-likeness (QED) is 0.687. The molecule has 8 nitrogen and oxygen atoms in total. The van der Waals surface area contributed by atoms with Crippen LogP contribution in [0.25, 0.3) is 11.2 Å². The van der Waals surface area contributed by atoms with Crippen molar-refractivity contribution in [1.82, 2.24) is 19.5 Å². The van der Waals surface area contributed by atoms with Gasteiger partial charge in [0.25, 0.3) is 0 Å². The zero-order chi connectivity index (χ0) is 13.4. The Morgan fingerprint density at radius 1 is 1.47 bits per heavy atom. The first-order valence-corrected chi connectivity index (χ1v) is 6.04. The van der Waals surface area contributed by atoms with Gasteiger partial charge in [0.2, 0.25) is 0 Å². The number of aromatic nitrogens is 4. The summed E-state index contributed by atoms with van der Waals surface area (Å²) in [7, 11) is 1.75. The van der Waals surface area contributed by atoms with Crippen LogP contribution < -0.4 is 5.32 Å². The van der Waals surface area contributed by atoms with Crippen molar-refractivity contribution in [2.24, 2.45) is 0 Å². The fraction of sp³-hybridized carbons (Fsp3) is 0.545. The van der Waals surface area contributed by atoms with Crippen LogP contribution in [-0.4, -0.2) is 55.6 Å². The summed E-state index contributed by atoms with van der Waals surface area (Å²) in [6, 6.07) is 0. The molecular weight excluding hydrogens is 250 g/mol. The number of hydrogen-bond acceptors (Lipinski definition) is 7. The highest BCUT2D eigenvalue weighted by Gasteiger charge is 2.35. The maximum Gasteiger partial charge on any atom is 0.167 e. The Hall–Kier alpha value is -1.77. The molecule has 0 amide bonds. The molecular formula is C11H15N5O3. The van der Waals surface area contributed by atoms with Crippen LogP contribution in [0.3, 0.4) is 0 Å². The zero-order valence-corrected chi connectivity index (χ0v) is 10.4. The molecule has 2 aromatic rings. The summed E-state index contributed by atoms with van der Waals surface area (Å²) in [5.41, 5.74) is 1.20. The van der Waals surface area contributed by atoms with Crippen molar-refractivity contribution in [3.8, 4) is 0 Å². The van der Waals surface area contributed by atoms with Gasteiger partial charge in [0.1, 0.15) is 17.9 Å². The third kappa shape index (κ3) is 1.93. The van der Waals surface area contributed by atoms with Crippen LogP contribution >= 0.6 is 0 Å². The van der Waals surface area contributed by atoms with E-state index in [9.17, 15) is 5.11 Å². The number of ether oxygens (including phenoxy) is 1. The highest BCUT2D eigenvalue weighted by Crippen LogP contribution is 2.31. The highest BCUT2D eigenvalue weighted by atomic mass is 16.5. The maximum absolute atomic E-state index is 10.0. The van der Waals surface area contributed by atoms with E-state index >= 15 is 0 Å². The molecule has 0 bridgehead atoms. The SMILES string of the molecule is CNc1ncnc2c1ncn2[C@@H]1O[C@H](CO)CC1O. The lowest BCUT2D eigenvalue weighted by Gasteiger charge is -2.16. The van der Waals surface area contributed by atoms with E-state index in [1.165, 1.54) is 6.33 Å². The van der Waals surface area contributed by atoms with Crippen molar-refractivity contribution in [3.05, 3.63) is 12.7 Å². The molecule has 0 aromatic carbocycles. The molecule has 1 aliphatic heterocycles. The number of hydrogen-bond donors (Lipinski definition) is 3. The minimum absolute atomic E-state index is 0.114. The molecule has 0 saturated carbocycles. The van der Waals surface area contributed by atoms with Crippen LogP contribution in [0.2, 0.25) is 0 Å². The number of aliphatic hydroxyl groups excluding tert-OH is 2. The maximum atomic E-state index is 10.0. The molecule has 0 aliphatic carbocycles. The van der Waals surface area contributed by atoms with Gasteiger partial charge in [0, 0.05) is 13.5 Å². The van der Waals surface area contributed by atoms with E-state index < -0.39 is 12.3 Å². The third-order valence-corrected chi connectivity index (χ3v) is 3.24. The van der Waals surface area contributed by atoms with Crippen LogP contribution in [-0.2, 0) is 4.74 Å². The molecule has 3 N–H and O–H groups in total. The molecule has 102 valence electrons. The first-order chi connectivity index (χ1) is 9.24. The molecule has 0 spiro atoms. The second-order valence-corrected chi connectivity index (χ2v) is 4.43. The number of nitrogens with zero attached hydrogens (tertiary/aromatic N) is 4. The van der Waals surface area contributed by atoms with E-state index in [0.29, 0.717) is 23.4 Å². The largest absolute Gasteiger partial charge is 0.394 e. The third-order valence-electron chi connectivity index (χ3n) is 3.24. The van der Waals surface area contributed by atoms with Gasteiger partial charge >= 0.3 is 0 Å². The summed E-state index contributed by atoms with van der Waals surface area (Å²) in [5.74, 6) is 0.620. The van der Waals surface area contributed by atoms with Crippen LogP contribution in [0.5, 0.6) is 0 Å². The van der Waals surface area contributed by atoms with Crippen molar-refractivity contribution < 1.29 is 14.9 Å². The van der Waals surface area contributed by atoms with Crippen molar-refractivity contribution >= 4 is 17.0 Å². The average molecular weight is 265 g/mol. The molecule has 1 unspecified atom stereocenters. The Labute approximate surface area is 109 Å². The van der Waals surface area contributed by atoms with Crippen molar-refractivity contribution in [3.63, 3.8) is 0 Å². The molecule has 1 fully saturated rings. The molecule has 1 aliphatic rings. The fourth-order valence-electron chi connectivity index (χ4n) is 2.32. The van der Waals surface area contributed by atoms with Crippen molar-refractivity contribution in [2.45, 2.75) is 24.9 Å². The first-order valence-electron chi connectivity index (χ1n) is 6.04. The second kappa shape index (κ2) is 4.72. The first kappa shape index (κ1) is 12.3. The summed E-state index contributed by atoms with van der Waals surface area (Å²) in [6.07, 6.45) is 1.75. The average Bonchev–Trinajstić information content (AvgIpc) is 3.01. The van der Waals surface area contributed by atoms with Crippen LogP contribution in [0, 0.1) is 0 Å². The van der Waals surface area contributed by atoms with Gasteiger partial charge in [0.05, 0.1) is 19.0 Å². The predicted octanol–water partition coefficient (Wildman–Crippen LogP) is -0.491. The van der Waals surface area contributed by atoms with Crippen molar-refractivity contribution in [1.29, 1.82) is 0 Å². The number of aliphatic hydroxyl groups is 2. The zero-order valence-electron chi connectivity index (χ0n) is 10.4. The minimum atomic E-state index is -0.692. The van der Waals surface area contributed by atoms with E-state index in [4.69, 9.17) is 9.84 Å². The predicted molar refractivity (Wildman–Crippen MR) is 66.5 cm³/mol. The molecule has 3 rings (SSSR count). The molecule has 19 heavy (non-hydrogen) atoms. The van der Waals surface area contributed by atoms with Crippen LogP contribution in [0.15, 0.2) is 12.7 Å². The van der Waals surface area contributed by atoms with E-state index in [0.717, 1.165) is 0 Å². The van der Waals surface area contributed by atoms with Gasteiger partial charge in [-0.15, -0.1) is 0 Å². The molecule has 8 heteroatoms. The van der Waals surface area contributed by atoms with Crippen molar-refractivity contribution in [2.75, 3.05) is 19.0 Å². The Morgan fingerprint density at radius 3 is 3.00 bits per heavy atom. The summed E-state index contributed by atoms with van der Waals surface area (Å²) >= 11 is 0. The van der Waals surface area contributed by atoms with Gasteiger partial charge in [-0.25, -0.2) is 15.0 Å². The minimum Gasteiger partial charge on any atom is -0.394 e. The number of imidazole rings is 1. The molecule has 3 heterocycles. The number of anilines is 1. The molecule has 1 saturated heterocycles. The van der Waals surface area contributed by atoms with E-state index in [1.54, 1.807) is 17.9 Å². The Bertz CT molecular complexity index is 587. The van der Waals surface area contributed by atoms with Gasteiger partial charge in [-0.05, 0) is 0 Å². The van der Waals surface area contributed by atoms with Crippen LogP contribution in [0.1, 0.15) is 12.6 Å². The number of fused-ring (bicyclic) bond motifs is 1. The van der Waals surface area contributed by atoms with Gasteiger partial charge in [0.15, 0.2) is 17.7 Å². The fourth-order valence-corrected chi connectivity index (χ4v) is 2.32. The topological polar surface area (TPSA) is 105 Å². The molecule has 0 radical (unpaired) electrons. The monoisotopic (exact) mass is 265 g/mol. The second-order valence-electron chi connectivity index (χ2n) is 4.43. The van der Waals surface area contributed by atoms with Gasteiger partial charge in [-0.3, -0.25) is 4.57 Å². The van der Waals surface area contributed by atoms with E-state index in [2.05, 4.69) is 20.3 Å². The summed E-state index contributed by atoms with van der Waals surface area (Å²) < 4.78 is 7.26. The van der Waals surface area contributed by atoms with E-state index in [1.807, 2.05) is 0 Å². The van der Waals surface area contributed by atoms with Gasteiger partial charge in [-0.2, -0.15) is 0 Å². The number of rotatable bonds is 3.